The second-order valence-electron chi connectivity index (χ2n) is 5.80. The molecule has 180 valence electrons. The highest BCUT2D eigenvalue weighted by atomic mass is 31.3. The van der Waals surface area contributed by atoms with Gasteiger partial charge in [0.25, 0.3) is 5.56 Å². The van der Waals surface area contributed by atoms with Crippen LogP contribution in [0.5, 0.6) is 0 Å². The molecule has 7 N–H and O–H groups in total. The topological polar surface area (TPSA) is 313 Å². The average Bonchev–Trinajstić information content (AvgIpc) is 2.87. The van der Waals surface area contributed by atoms with Crippen molar-refractivity contribution in [1.29, 1.82) is 0 Å². The lowest BCUT2D eigenvalue weighted by Crippen LogP contribution is -2.37. The van der Waals surface area contributed by atoms with Crippen LogP contribution in [0, 0.1) is 0 Å². The minimum Gasteiger partial charge on any atom is -0.387 e. The molecule has 1 saturated heterocycles. The Bertz CT molecular complexity index is 1170. The zero-order valence-electron chi connectivity index (χ0n) is 15.1. The number of rotatable bonds is 9. The summed E-state index contributed by atoms with van der Waals surface area (Å²) in [6.07, 6.45) is -6.49. The van der Waals surface area contributed by atoms with Crippen LogP contribution in [-0.2, 0) is 31.6 Å². The third kappa shape index (κ3) is 6.89. The minimum atomic E-state index is -5.78. The maximum atomic E-state index is 12.0. The molecule has 1 aliphatic heterocycles. The molecule has 0 saturated carbocycles. The van der Waals surface area contributed by atoms with Gasteiger partial charge in [0.1, 0.15) is 24.0 Å². The van der Waals surface area contributed by atoms with Crippen molar-refractivity contribution >= 4 is 29.2 Å². The number of azide groups is 1. The summed E-state index contributed by atoms with van der Waals surface area (Å²) in [5.74, 6) is 0. The number of phosphoric acid groups is 3. The van der Waals surface area contributed by atoms with Gasteiger partial charge >= 0.3 is 29.2 Å². The molecule has 2 rings (SSSR count). The molecule has 0 aliphatic carbocycles. The van der Waals surface area contributed by atoms with Crippen molar-refractivity contribution in [2.75, 3.05) is 6.61 Å². The number of aromatic amines is 1. The number of hydrogen-bond acceptors (Lipinski definition) is 12. The number of nitrogens with zero attached hydrogens (tertiary/aromatic N) is 4. The molecule has 0 radical (unpaired) electrons. The monoisotopic (exact) mass is 525 g/mol. The number of hydrogen-bond donors (Lipinski definition) is 7. The molecule has 32 heavy (non-hydrogen) atoms. The first-order chi connectivity index (χ1) is 14.6. The van der Waals surface area contributed by atoms with Crippen LogP contribution in [0.25, 0.3) is 10.4 Å². The summed E-state index contributed by atoms with van der Waals surface area (Å²) in [5.41, 5.74) is 5.60. The molecule has 6 atom stereocenters. The van der Waals surface area contributed by atoms with Gasteiger partial charge in [-0.2, -0.15) is 8.62 Å². The number of phosphoric ester groups is 1. The molecule has 1 aliphatic rings. The number of aliphatic hydroxyl groups is 2. The van der Waals surface area contributed by atoms with Crippen molar-refractivity contribution in [3.63, 3.8) is 0 Å². The molecule has 2 heterocycles. The van der Waals surface area contributed by atoms with Crippen LogP contribution in [0.15, 0.2) is 20.9 Å². The zero-order valence-corrected chi connectivity index (χ0v) is 17.8. The first-order valence-corrected chi connectivity index (χ1v) is 12.3. The lowest BCUT2D eigenvalue weighted by molar-refractivity contribution is -0.0541. The van der Waals surface area contributed by atoms with E-state index in [-0.39, 0.29) is 0 Å². The van der Waals surface area contributed by atoms with Gasteiger partial charge in [0.15, 0.2) is 6.23 Å². The summed E-state index contributed by atoms with van der Waals surface area (Å²) in [6, 6.07) is 0. The molecular formula is C9H14N5O15P3. The van der Waals surface area contributed by atoms with E-state index in [9.17, 15) is 38.4 Å². The molecule has 23 heteroatoms. The highest BCUT2D eigenvalue weighted by Crippen LogP contribution is 2.66. The fraction of sp³-hybridized carbons (Fsp3) is 0.556. The molecule has 2 unspecified atom stereocenters. The molecule has 0 aromatic carbocycles. The lowest BCUT2D eigenvalue weighted by atomic mass is 10.1. The molecule has 1 aromatic rings. The van der Waals surface area contributed by atoms with Crippen LogP contribution in [0.4, 0.5) is 5.69 Å². The minimum absolute atomic E-state index is 0.532. The Labute approximate surface area is 174 Å². The SMILES string of the molecule is [N-]=[N+]=Nc1cn([C@@H]2O[C@H](COP(=O)(O)OP(=O)(O)OP(=O)(O)O)[C@@H](O)[C@H]2O)c(=O)[nH]c1=O. The van der Waals surface area contributed by atoms with Crippen LogP contribution in [0.3, 0.4) is 0 Å². The van der Waals surface area contributed by atoms with Gasteiger partial charge in [-0.3, -0.25) is 18.9 Å². The normalized spacial score (nSPS) is 27.3. The van der Waals surface area contributed by atoms with Crippen LogP contribution in [0.1, 0.15) is 6.23 Å². The Morgan fingerprint density at radius 3 is 2.31 bits per heavy atom. The van der Waals surface area contributed by atoms with Gasteiger partial charge in [-0.25, -0.2) is 18.5 Å². The summed E-state index contributed by atoms with van der Waals surface area (Å²) in [7, 11) is -16.9. The van der Waals surface area contributed by atoms with Gasteiger partial charge in [-0.1, -0.05) is 5.11 Å². The molecule has 0 amide bonds. The summed E-state index contributed by atoms with van der Waals surface area (Å²) in [4.78, 5) is 63.0. The summed E-state index contributed by atoms with van der Waals surface area (Å²) in [6.45, 7) is -1.13. The van der Waals surface area contributed by atoms with Gasteiger partial charge in [0.2, 0.25) is 0 Å². The summed E-state index contributed by atoms with van der Waals surface area (Å²) >= 11 is 0. The quantitative estimate of drug-likeness (QED) is 0.0829. The van der Waals surface area contributed by atoms with Crippen LogP contribution >= 0.6 is 23.5 Å². The second-order valence-corrected chi connectivity index (χ2v) is 10.2. The fourth-order valence-corrected chi connectivity index (χ4v) is 5.38. The van der Waals surface area contributed by atoms with Gasteiger partial charge in [0.05, 0.1) is 6.61 Å². The van der Waals surface area contributed by atoms with E-state index in [0.29, 0.717) is 10.8 Å². The second kappa shape index (κ2) is 9.64. The predicted octanol–water partition coefficient (Wildman–Crippen LogP) is -1.56. The Morgan fingerprint density at radius 2 is 1.75 bits per heavy atom. The fourth-order valence-electron chi connectivity index (χ4n) is 2.35. The summed E-state index contributed by atoms with van der Waals surface area (Å²) < 4.78 is 50.5. The highest BCUT2D eigenvalue weighted by Gasteiger charge is 2.46. The Balaban J connectivity index is 2.15. The number of ether oxygens (including phenoxy) is 1. The first-order valence-electron chi connectivity index (χ1n) is 7.76. The zero-order chi connectivity index (χ0) is 24.5. The molecular weight excluding hydrogens is 511 g/mol. The molecule has 20 nitrogen and oxygen atoms in total. The van der Waals surface area contributed by atoms with E-state index < -0.39 is 71.6 Å². The van der Waals surface area contributed by atoms with Crippen LogP contribution < -0.4 is 11.2 Å². The summed E-state index contributed by atoms with van der Waals surface area (Å²) in [5, 5.41) is 23.1. The van der Waals surface area contributed by atoms with E-state index in [1.54, 1.807) is 4.98 Å². The third-order valence-electron chi connectivity index (χ3n) is 3.53. The molecule has 0 spiro atoms. The van der Waals surface area contributed by atoms with Crippen molar-refractivity contribution in [3.05, 3.63) is 37.5 Å². The van der Waals surface area contributed by atoms with Crippen molar-refractivity contribution in [3.8, 4) is 0 Å². The maximum Gasteiger partial charge on any atom is 0.490 e. The smallest absolute Gasteiger partial charge is 0.387 e. The van der Waals surface area contributed by atoms with Crippen molar-refractivity contribution in [2.24, 2.45) is 5.11 Å². The largest absolute Gasteiger partial charge is 0.490 e. The van der Waals surface area contributed by atoms with E-state index in [2.05, 4.69) is 23.2 Å². The number of nitrogens with one attached hydrogen (secondary N) is 1. The predicted molar refractivity (Wildman–Crippen MR) is 95.9 cm³/mol. The number of aliphatic hydroxyl groups excluding tert-OH is 2. The van der Waals surface area contributed by atoms with Gasteiger partial charge in [0, 0.05) is 11.1 Å². The van der Waals surface area contributed by atoms with Crippen molar-refractivity contribution in [1.82, 2.24) is 9.55 Å². The van der Waals surface area contributed by atoms with Crippen LogP contribution in [-0.4, -0.2) is 64.3 Å². The van der Waals surface area contributed by atoms with E-state index in [1.807, 2.05) is 0 Å². The lowest BCUT2D eigenvalue weighted by Gasteiger charge is -2.19. The van der Waals surface area contributed by atoms with Gasteiger partial charge < -0.3 is 34.5 Å². The molecule has 1 fully saturated rings. The Morgan fingerprint density at radius 1 is 1.12 bits per heavy atom. The van der Waals surface area contributed by atoms with E-state index in [1.165, 1.54) is 0 Å². The van der Waals surface area contributed by atoms with E-state index in [0.717, 1.165) is 0 Å². The van der Waals surface area contributed by atoms with Crippen LogP contribution in [0.2, 0.25) is 0 Å². The maximum absolute atomic E-state index is 12.0. The molecule has 1 aromatic heterocycles. The standard InChI is InChI=1S/C9H14N5O15P3/c10-13-12-3-1-14(9(18)11-7(3)17)8-6(16)5(15)4(27-8)2-26-31(22,23)29-32(24,25)28-30(19,20)21/h1,4-6,8,15-16H,2H2,(H,22,23)(H,24,25)(H,11,17,18)(H2,19,20,21)/t4-,5-,6-,8-/m1/s1. The highest BCUT2D eigenvalue weighted by molar-refractivity contribution is 7.66. The Hall–Kier alpha value is -1.72. The third-order valence-corrected chi connectivity index (χ3v) is 7.33. The Kier molecular flexibility index (Phi) is 7.99. The number of aromatic nitrogens is 2. The van der Waals surface area contributed by atoms with E-state index >= 15 is 0 Å². The van der Waals surface area contributed by atoms with Gasteiger partial charge in [-0.15, -0.1) is 0 Å². The van der Waals surface area contributed by atoms with Gasteiger partial charge in [-0.05, 0) is 5.53 Å². The van der Waals surface area contributed by atoms with E-state index in [4.69, 9.17) is 24.9 Å². The first kappa shape index (κ1) is 26.5. The average molecular weight is 525 g/mol. The van der Waals surface area contributed by atoms with Crippen molar-refractivity contribution < 1.29 is 61.4 Å². The van der Waals surface area contributed by atoms with Crippen molar-refractivity contribution in [2.45, 2.75) is 24.5 Å². The molecule has 0 bridgehead atoms. The number of H-pyrrole nitrogens is 1.